The summed E-state index contributed by atoms with van der Waals surface area (Å²) in [6.07, 6.45) is 10.0. The van der Waals surface area contributed by atoms with E-state index in [-0.39, 0.29) is 0 Å². The Bertz CT molecular complexity index is 827. The molecule has 0 atom stereocenters. The second-order valence-electron chi connectivity index (χ2n) is 6.81. The van der Waals surface area contributed by atoms with Crippen LogP contribution in [0, 0.1) is 0 Å². The molecule has 2 aromatic rings. The van der Waals surface area contributed by atoms with E-state index < -0.39 is 0 Å². The third-order valence-electron chi connectivity index (χ3n) is 4.70. The van der Waals surface area contributed by atoms with Crippen molar-refractivity contribution < 1.29 is 4.74 Å². The van der Waals surface area contributed by atoms with Crippen LogP contribution in [0.4, 0.5) is 0 Å². The van der Waals surface area contributed by atoms with Gasteiger partial charge in [0.05, 0.1) is 18.5 Å². The van der Waals surface area contributed by atoms with Crippen LogP contribution in [0.25, 0.3) is 17.7 Å². The summed E-state index contributed by atoms with van der Waals surface area (Å²) in [5.74, 6) is 2.08. The molecule has 0 saturated carbocycles. The quantitative estimate of drug-likeness (QED) is 0.503. The normalized spacial score (nSPS) is 11.1. The van der Waals surface area contributed by atoms with E-state index in [4.69, 9.17) is 9.72 Å². The fourth-order valence-electron chi connectivity index (χ4n) is 3.36. The molecule has 0 spiro atoms. The van der Waals surface area contributed by atoms with E-state index in [1.54, 1.807) is 7.11 Å². The van der Waals surface area contributed by atoms with E-state index in [0.29, 0.717) is 0 Å². The van der Waals surface area contributed by atoms with Crippen LogP contribution in [-0.4, -0.2) is 16.7 Å². The van der Waals surface area contributed by atoms with Gasteiger partial charge in [0.15, 0.2) is 0 Å². The minimum absolute atomic E-state index is 0.929. The second-order valence-corrected chi connectivity index (χ2v) is 6.81. The number of rotatable bonds is 10. The highest BCUT2D eigenvalue weighted by Crippen LogP contribution is 2.25. The van der Waals surface area contributed by atoms with E-state index in [0.717, 1.165) is 60.8 Å². The first-order chi connectivity index (χ1) is 13.0. The number of ether oxygens (including phenoxy) is 1. The lowest BCUT2D eigenvalue weighted by atomic mass is 10.0. The number of nitrogens with zero attached hydrogens (tertiary/aromatic N) is 2. The summed E-state index contributed by atoms with van der Waals surface area (Å²) in [4.78, 5) is 4.83. The summed E-state index contributed by atoms with van der Waals surface area (Å²) in [6.45, 7) is 15.2. The van der Waals surface area contributed by atoms with Gasteiger partial charge >= 0.3 is 0 Å². The summed E-state index contributed by atoms with van der Waals surface area (Å²) >= 11 is 0. The first kappa shape index (κ1) is 20.8. The molecule has 0 fully saturated rings. The molecule has 0 saturated heterocycles. The van der Waals surface area contributed by atoms with Crippen molar-refractivity contribution in [1.29, 1.82) is 0 Å². The van der Waals surface area contributed by atoms with Gasteiger partial charge in [0.25, 0.3) is 0 Å². The Hall–Kier alpha value is -2.55. The molecule has 0 bridgehead atoms. The standard InChI is InChI=1S/C24H32N2O/c1-7-11-22-21(9-3)25-24(26(22)16-8-2)13-10-12-20-17-19(18(4)5)14-15-23(20)27-6/h7,9,11,14-15,17H,3-4,8,10,12-13,16H2,1-2,5-6H3/b11-7+. The number of benzene rings is 1. The molecule has 0 N–H and O–H groups in total. The molecule has 0 aliphatic carbocycles. The monoisotopic (exact) mass is 364 g/mol. The number of allylic oxidation sites excluding steroid dienone is 2. The third kappa shape index (κ3) is 5.00. The van der Waals surface area contributed by atoms with Gasteiger partial charge in [-0.3, -0.25) is 0 Å². The Kier molecular flexibility index (Phi) is 7.66. The minimum atomic E-state index is 0.929. The molecule has 2 rings (SSSR count). The Morgan fingerprint density at radius 3 is 2.67 bits per heavy atom. The molecule has 0 aliphatic heterocycles. The van der Waals surface area contributed by atoms with Gasteiger partial charge < -0.3 is 9.30 Å². The largest absolute Gasteiger partial charge is 0.496 e. The van der Waals surface area contributed by atoms with Crippen LogP contribution in [0.3, 0.4) is 0 Å². The summed E-state index contributed by atoms with van der Waals surface area (Å²) < 4.78 is 7.88. The molecule has 3 nitrogen and oxygen atoms in total. The minimum Gasteiger partial charge on any atom is -0.496 e. The molecule has 0 radical (unpaired) electrons. The van der Waals surface area contributed by atoms with Crippen LogP contribution < -0.4 is 4.74 Å². The van der Waals surface area contributed by atoms with Gasteiger partial charge in [-0.25, -0.2) is 4.98 Å². The van der Waals surface area contributed by atoms with Gasteiger partial charge in [-0.2, -0.15) is 0 Å². The fraction of sp³-hybridized carbons (Fsp3) is 0.375. The van der Waals surface area contributed by atoms with Gasteiger partial charge in [-0.15, -0.1) is 0 Å². The van der Waals surface area contributed by atoms with Crippen LogP contribution in [0.5, 0.6) is 5.75 Å². The van der Waals surface area contributed by atoms with Crippen LogP contribution in [-0.2, 0) is 19.4 Å². The van der Waals surface area contributed by atoms with E-state index >= 15 is 0 Å². The van der Waals surface area contributed by atoms with E-state index in [1.165, 1.54) is 11.1 Å². The number of imidazole rings is 1. The number of hydrogen-bond donors (Lipinski definition) is 0. The maximum Gasteiger partial charge on any atom is 0.122 e. The molecule has 27 heavy (non-hydrogen) atoms. The number of methoxy groups -OCH3 is 1. The molecule has 0 amide bonds. The van der Waals surface area contributed by atoms with Gasteiger partial charge in [0.2, 0.25) is 0 Å². The van der Waals surface area contributed by atoms with E-state index in [2.05, 4.69) is 48.9 Å². The highest BCUT2D eigenvalue weighted by molar-refractivity contribution is 5.63. The van der Waals surface area contributed by atoms with Crippen molar-refractivity contribution in [3.05, 3.63) is 65.8 Å². The molecule has 1 heterocycles. The van der Waals surface area contributed by atoms with Gasteiger partial charge in [-0.05, 0) is 68.5 Å². The second kappa shape index (κ2) is 9.96. The van der Waals surface area contributed by atoms with Crippen LogP contribution >= 0.6 is 0 Å². The van der Waals surface area contributed by atoms with Crippen molar-refractivity contribution in [2.24, 2.45) is 0 Å². The van der Waals surface area contributed by atoms with Crippen molar-refractivity contribution >= 4 is 17.7 Å². The molecule has 0 unspecified atom stereocenters. The first-order valence-corrected chi connectivity index (χ1v) is 9.73. The summed E-state index contributed by atoms with van der Waals surface area (Å²) in [5, 5.41) is 0. The Morgan fingerprint density at radius 2 is 2.07 bits per heavy atom. The number of aryl methyl sites for hydroxylation is 2. The van der Waals surface area contributed by atoms with E-state index in [1.807, 2.05) is 26.0 Å². The third-order valence-corrected chi connectivity index (χ3v) is 4.70. The van der Waals surface area contributed by atoms with Gasteiger partial charge in [0.1, 0.15) is 11.6 Å². The Balaban J connectivity index is 2.21. The average molecular weight is 365 g/mol. The van der Waals surface area contributed by atoms with Gasteiger partial charge in [0, 0.05) is 13.0 Å². The molecule has 1 aromatic heterocycles. The molecule has 144 valence electrons. The fourth-order valence-corrected chi connectivity index (χ4v) is 3.36. The maximum absolute atomic E-state index is 5.54. The molecule has 0 aliphatic rings. The number of aromatic nitrogens is 2. The SMILES string of the molecule is C=Cc1nc(CCCc2cc(C(=C)C)ccc2OC)n(CCC)c1/C=C/C. The average Bonchev–Trinajstić information content (AvgIpc) is 2.99. The molecular formula is C24H32N2O. The molecular weight excluding hydrogens is 332 g/mol. The van der Waals surface area contributed by atoms with Crippen molar-refractivity contribution in [1.82, 2.24) is 9.55 Å². The Morgan fingerprint density at radius 1 is 1.30 bits per heavy atom. The highest BCUT2D eigenvalue weighted by atomic mass is 16.5. The predicted molar refractivity (Wildman–Crippen MR) is 117 cm³/mol. The Labute approximate surface area is 164 Å². The van der Waals surface area contributed by atoms with Crippen LogP contribution in [0.2, 0.25) is 0 Å². The van der Waals surface area contributed by atoms with Crippen molar-refractivity contribution in [2.45, 2.75) is 53.0 Å². The van der Waals surface area contributed by atoms with Crippen molar-refractivity contribution in [3.63, 3.8) is 0 Å². The summed E-state index contributed by atoms with van der Waals surface area (Å²) in [5.41, 5.74) is 5.60. The summed E-state index contributed by atoms with van der Waals surface area (Å²) in [7, 11) is 1.73. The zero-order valence-electron chi connectivity index (χ0n) is 17.2. The topological polar surface area (TPSA) is 27.1 Å². The smallest absolute Gasteiger partial charge is 0.122 e. The maximum atomic E-state index is 5.54. The highest BCUT2D eigenvalue weighted by Gasteiger charge is 2.13. The van der Waals surface area contributed by atoms with Crippen molar-refractivity contribution in [2.75, 3.05) is 7.11 Å². The predicted octanol–water partition coefficient (Wildman–Crippen LogP) is 6.19. The lowest BCUT2D eigenvalue weighted by molar-refractivity contribution is 0.409. The lowest BCUT2D eigenvalue weighted by Gasteiger charge is -2.12. The number of hydrogen-bond acceptors (Lipinski definition) is 2. The van der Waals surface area contributed by atoms with Crippen molar-refractivity contribution in [3.8, 4) is 5.75 Å². The zero-order valence-corrected chi connectivity index (χ0v) is 17.2. The zero-order chi connectivity index (χ0) is 19.8. The van der Waals surface area contributed by atoms with Crippen LogP contribution in [0.15, 0.2) is 37.4 Å². The van der Waals surface area contributed by atoms with Gasteiger partial charge in [-0.1, -0.05) is 37.8 Å². The van der Waals surface area contributed by atoms with Crippen LogP contribution in [0.1, 0.15) is 62.0 Å². The molecule has 3 heteroatoms. The first-order valence-electron chi connectivity index (χ1n) is 9.73. The lowest BCUT2D eigenvalue weighted by Crippen LogP contribution is -2.06. The van der Waals surface area contributed by atoms with E-state index in [9.17, 15) is 0 Å². The summed E-state index contributed by atoms with van der Waals surface area (Å²) in [6, 6.07) is 6.30. The molecule has 1 aromatic carbocycles.